The normalized spacial score (nSPS) is 23.7. The Morgan fingerprint density at radius 1 is 0.976 bits per heavy atom. The minimum Gasteiger partial charge on any atom is -0.439 e. The Kier molecular flexibility index (Phi) is 8.88. The summed E-state index contributed by atoms with van der Waals surface area (Å²) < 4.78 is 132. The molecule has 2 saturated heterocycles. The smallest absolute Gasteiger partial charge is 0.417 e. The van der Waals surface area contributed by atoms with Crippen molar-refractivity contribution < 1.29 is 58.9 Å². The molecule has 2 aliphatic heterocycles. The summed E-state index contributed by atoms with van der Waals surface area (Å²) in [5, 5.41) is 12.2. The third-order valence-corrected chi connectivity index (χ3v) is 7.12. The summed E-state index contributed by atoms with van der Waals surface area (Å²) in [4.78, 5) is 17.6. The molecule has 4 atom stereocenters. The SMILES string of the molecule is C[C@H]1[C@@H](c2cc(C(F)(F)F)cc(C(F)(F)F)c2)OC(=O)N1Cc1cc(C(F)(F)F)cnc1NC1CCOC(CCO)C1. The van der Waals surface area contributed by atoms with Crippen molar-refractivity contribution in [2.24, 2.45) is 0 Å². The molecule has 232 valence electrons. The number of nitrogens with zero attached hydrogens (tertiary/aromatic N) is 2. The van der Waals surface area contributed by atoms with Gasteiger partial charge in [-0.1, -0.05) is 0 Å². The van der Waals surface area contributed by atoms with Gasteiger partial charge in [0.1, 0.15) is 11.9 Å². The van der Waals surface area contributed by atoms with Gasteiger partial charge < -0.3 is 19.9 Å². The highest BCUT2D eigenvalue weighted by molar-refractivity contribution is 5.71. The topological polar surface area (TPSA) is 83.9 Å². The Labute approximate surface area is 233 Å². The van der Waals surface area contributed by atoms with Crippen LogP contribution in [0.25, 0.3) is 0 Å². The van der Waals surface area contributed by atoms with Gasteiger partial charge in [-0.3, -0.25) is 4.90 Å². The number of hydrogen-bond acceptors (Lipinski definition) is 6. The van der Waals surface area contributed by atoms with Gasteiger partial charge in [0.2, 0.25) is 0 Å². The number of ether oxygens (including phenoxy) is 2. The van der Waals surface area contributed by atoms with Gasteiger partial charge in [-0.25, -0.2) is 9.78 Å². The second-order valence-electron chi connectivity index (χ2n) is 10.1. The summed E-state index contributed by atoms with van der Waals surface area (Å²) in [6, 6.07) is 0.122. The molecule has 0 spiro atoms. The highest BCUT2D eigenvalue weighted by Gasteiger charge is 2.44. The van der Waals surface area contributed by atoms with E-state index in [1.807, 2.05) is 0 Å². The first-order chi connectivity index (χ1) is 19.5. The van der Waals surface area contributed by atoms with Gasteiger partial charge in [0.05, 0.1) is 35.4 Å². The van der Waals surface area contributed by atoms with Gasteiger partial charge in [-0.05, 0) is 56.0 Å². The lowest BCUT2D eigenvalue weighted by Gasteiger charge is -2.31. The Hall–Kier alpha value is -3.27. The number of carbonyl (C=O) groups is 1. The van der Waals surface area contributed by atoms with Gasteiger partial charge in [0.15, 0.2) is 0 Å². The van der Waals surface area contributed by atoms with Gasteiger partial charge >= 0.3 is 24.6 Å². The fourth-order valence-corrected chi connectivity index (χ4v) is 4.95. The molecule has 2 aromatic rings. The zero-order chi connectivity index (χ0) is 31.0. The maximum absolute atomic E-state index is 13.5. The number of nitrogens with one attached hydrogen (secondary N) is 1. The Morgan fingerprint density at radius 2 is 1.60 bits per heavy atom. The van der Waals surface area contributed by atoms with E-state index >= 15 is 0 Å². The van der Waals surface area contributed by atoms with Crippen LogP contribution in [0.15, 0.2) is 30.5 Å². The van der Waals surface area contributed by atoms with Crippen molar-refractivity contribution in [3.05, 3.63) is 58.3 Å². The summed E-state index contributed by atoms with van der Waals surface area (Å²) in [6.07, 6.45) is -16.3. The van der Waals surface area contributed by atoms with Crippen molar-refractivity contribution in [2.45, 2.75) is 75.6 Å². The first-order valence-electron chi connectivity index (χ1n) is 12.8. The average molecular weight is 615 g/mol. The zero-order valence-corrected chi connectivity index (χ0v) is 21.9. The molecule has 2 fully saturated rings. The number of aliphatic hydroxyl groups is 1. The molecule has 42 heavy (non-hydrogen) atoms. The molecule has 0 bridgehead atoms. The lowest BCUT2D eigenvalue weighted by atomic mass is 9.97. The minimum absolute atomic E-state index is 0.000440. The number of anilines is 1. The first-order valence-corrected chi connectivity index (χ1v) is 12.8. The van der Waals surface area contributed by atoms with Crippen LogP contribution in [0.2, 0.25) is 0 Å². The van der Waals surface area contributed by atoms with Crippen LogP contribution >= 0.6 is 0 Å². The number of aliphatic hydroxyl groups excluding tert-OH is 1. The summed E-state index contributed by atoms with van der Waals surface area (Å²) in [5.41, 5.74) is -4.99. The molecule has 1 aromatic heterocycles. The van der Waals surface area contributed by atoms with E-state index in [0.717, 1.165) is 11.0 Å². The van der Waals surface area contributed by atoms with Crippen molar-refractivity contribution in [3.63, 3.8) is 0 Å². The number of aromatic nitrogens is 1. The Balaban J connectivity index is 1.64. The van der Waals surface area contributed by atoms with E-state index in [4.69, 9.17) is 9.47 Å². The predicted molar refractivity (Wildman–Crippen MR) is 128 cm³/mol. The number of halogens is 9. The van der Waals surface area contributed by atoms with Crippen molar-refractivity contribution in [1.29, 1.82) is 0 Å². The van der Waals surface area contributed by atoms with E-state index in [0.29, 0.717) is 44.2 Å². The number of benzene rings is 1. The molecule has 0 saturated carbocycles. The van der Waals surface area contributed by atoms with Crippen LogP contribution in [-0.2, 0) is 34.5 Å². The lowest BCUT2D eigenvalue weighted by Crippen LogP contribution is -2.36. The number of rotatable bonds is 7. The molecule has 0 radical (unpaired) electrons. The van der Waals surface area contributed by atoms with Crippen LogP contribution < -0.4 is 5.32 Å². The van der Waals surface area contributed by atoms with Gasteiger partial charge in [0, 0.05) is 31.0 Å². The van der Waals surface area contributed by atoms with E-state index in [1.54, 1.807) is 0 Å². The quantitative estimate of drug-likeness (QED) is 0.344. The summed E-state index contributed by atoms with van der Waals surface area (Å²) in [5.74, 6) is -0.000440. The summed E-state index contributed by atoms with van der Waals surface area (Å²) >= 11 is 0. The number of alkyl halides is 9. The molecule has 16 heteroatoms. The molecule has 0 aliphatic carbocycles. The molecule has 1 amide bonds. The summed E-state index contributed by atoms with van der Waals surface area (Å²) in [7, 11) is 0. The van der Waals surface area contributed by atoms with Crippen molar-refractivity contribution in [2.75, 3.05) is 18.5 Å². The molecule has 4 rings (SSSR count). The highest BCUT2D eigenvalue weighted by Crippen LogP contribution is 2.41. The number of carbonyl (C=O) groups excluding carboxylic acids is 1. The Bertz CT molecular complexity index is 1250. The van der Waals surface area contributed by atoms with Gasteiger partial charge in [0.25, 0.3) is 0 Å². The monoisotopic (exact) mass is 615 g/mol. The molecule has 2 aliphatic rings. The van der Waals surface area contributed by atoms with Crippen molar-refractivity contribution in [3.8, 4) is 0 Å². The van der Waals surface area contributed by atoms with Crippen molar-refractivity contribution >= 4 is 11.9 Å². The van der Waals surface area contributed by atoms with E-state index in [-0.39, 0.29) is 36.2 Å². The Morgan fingerprint density at radius 3 is 2.17 bits per heavy atom. The van der Waals surface area contributed by atoms with E-state index in [9.17, 15) is 49.4 Å². The molecule has 3 heterocycles. The van der Waals surface area contributed by atoms with Crippen LogP contribution in [0, 0.1) is 0 Å². The standard InChI is InChI=1S/C26H26F9N3O4/c1-13-21(14-6-16(24(27,28)29)9-17(7-14)25(30,31)32)42-23(40)38(13)12-15-8-18(26(33,34)35)11-36-22(15)37-19-3-5-41-20(10-19)2-4-39/h6-9,11,13,19-21,39H,2-5,10,12H2,1H3,(H,36,37)/t13-,19?,20?,21-/m0/s1. The molecule has 2 N–H and O–H groups in total. The minimum atomic E-state index is -5.13. The van der Waals surface area contributed by atoms with Crippen LogP contribution in [0.3, 0.4) is 0 Å². The van der Waals surface area contributed by atoms with Crippen LogP contribution in [0.5, 0.6) is 0 Å². The van der Waals surface area contributed by atoms with Crippen LogP contribution in [-0.4, -0.2) is 52.5 Å². The van der Waals surface area contributed by atoms with Crippen LogP contribution in [0.4, 0.5) is 50.1 Å². The van der Waals surface area contributed by atoms with E-state index in [2.05, 4.69) is 10.3 Å². The largest absolute Gasteiger partial charge is 0.439 e. The number of cyclic esters (lactones) is 1. The fourth-order valence-electron chi connectivity index (χ4n) is 4.95. The first kappa shape index (κ1) is 31.7. The number of pyridine rings is 1. The predicted octanol–water partition coefficient (Wildman–Crippen LogP) is 6.56. The molecule has 7 nitrogen and oxygen atoms in total. The van der Waals surface area contributed by atoms with E-state index < -0.39 is 65.6 Å². The molecule has 1 aromatic carbocycles. The second kappa shape index (κ2) is 11.8. The van der Waals surface area contributed by atoms with Gasteiger partial charge in [-0.15, -0.1) is 0 Å². The van der Waals surface area contributed by atoms with E-state index in [1.165, 1.54) is 6.92 Å². The fraction of sp³-hybridized carbons (Fsp3) is 0.538. The zero-order valence-electron chi connectivity index (χ0n) is 21.9. The second-order valence-corrected chi connectivity index (χ2v) is 10.1. The highest BCUT2D eigenvalue weighted by atomic mass is 19.4. The average Bonchev–Trinajstić information content (AvgIpc) is 3.16. The maximum Gasteiger partial charge on any atom is 0.417 e. The molecular weight excluding hydrogens is 589 g/mol. The maximum atomic E-state index is 13.5. The van der Waals surface area contributed by atoms with Gasteiger partial charge in [-0.2, -0.15) is 39.5 Å². The molecule has 2 unspecified atom stereocenters. The number of amides is 1. The number of hydrogen-bond donors (Lipinski definition) is 2. The third-order valence-electron chi connectivity index (χ3n) is 7.12. The van der Waals surface area contributed by atoms with Crippen molar-refractivity contribution in [1.82, 2.24) is 9.88 Å². The summed E-state index contributed by atoms with van der Waals surface area (Å²) in [6.45, 7) is 0.944. The lowest BCUT2D eigenvalue weighted by molar-refractivity contribution is -0.143. The third kappa shape index (κ3) is 7.19. The molecular formula is C26H26F9N3O4. The van der Waals surface area contributed by atoms with Crippen LogP contribution in [0.1, 0.15) is 60.1 Å².